The summed E-state index contributed by atoms with van der Waals surface area (Å²) >= 11 is 0. The average molecular weight is 331 g/mol. The molecule has 0 aromatic carbocycles. The van der Waals surface area contributed by atoms with E-state index in [1.54, 1.807) is 0 Å². The highest BCUT2D eigenvalue weighted by atomic mass is 16.2. The summed E-state index contributed by atoms with van der Waals surface area (Å²) in [4.78, 5) is 16.8. The fourth-order valence-corrected chi connectivity index (χ4v) is 3.68. The van der Waals surface area contributed by atoms with Gasteiger partial charge in [-0.15, -0.1) is 0 Å². The van der Waals surface area contributed by atoms with Crippen LogP contribution in [0.2, 0.25) is 0 Å². The van der Waals surface area contributed by atoms with Gasteiger partial charge in [0.1, 0.15) is 0 Å². The number of likely N-dealkylation sites (tertiary alicyclic amines) is 1. The van der Waals surface area contributed by atoms with Gasteiger partial charge in [-0.2, -0.15) is 10.4 Å². The summed E-state index contributed by atoms with van der Waals surface area (Å²) in [6.45, 7) is 8.51. The topological polar surface area (TPSA) is 65.2 Å². The van der Waals surface area contributed by atoms with Gasteiger partial charge in [-0.3, -0.25) is 9.48 Å². The molecule has 1 aromatic heterocycles. The van der Waals surface area contributed by atoms with E-state index in [4.69, 9.17) is 5.26 Å². The van der Waals surface area contributed by atoms with Gasteiger partial charge in [0.05, 0.1) is 24.7 Å². The number of nitrogens with zero attached hydrogens (tertiary/aromatic N) is 5. The zero-order chi connectivity index (χ0) is 17.9. The Bertz CT molecular complexity index is 628. The second-order valence-electron chi connectivity index (χ2n) is 7.09. The third-order valence-electron chi connectivity index (χ3n) is 5.14. The lowest BCUT2D eigenvalue weighted by atomic mass is 10.1. The number of aromatic nitrogens is 2. The van der Waals surface area contributed by atoms with Gasteiger partial charge in [-0.1, -0.05) is 6.92 Å². The summed E-state index contributed by atoms with van der Waals surface area (Å²) < 4.78 is 1.89. The highest BCUT2D eigenvalue weighted by Gasteiger charge is 2.33. The molecular weight excluding hydrogens is 302 g/mol. The molecule has 1 aliphatic rings. The van der Waals surface area contributed by atoms with Crippen LogP contribution in [0.15, 0.2) is 0 Å². The maximum Gasteiger partial charge on any atom is 0.222 e. The molecule has 6 heteroatoms. The van der Waals surface area contributed by atoms with Crippen molar-refractivity contribution in [2.24, 2.45) is 5.92 Å². The molecule has 0 bridgehead atoms. The van der Waals surface area contributed by atoms with Crippen LogP contribution in [-0.4, -0.2) is 58.7 Å². The van der Waals surface area contributed by atoms with Gasteiger partial charge in [-0.25, -0.2) is 0 Å². The van der Waals surface area contributed by atoms with Crippen LogP contribution in [0.3, 0.4) is 0 Å². The largest absolute Gasteiger partial charge is 0.341 e. The van der Waals surface area contributed by atoms with Crippen molar-refractivity contribution in [3.05, 3.63) is 17.0 Å². The second-order valence-corrected chi connectivity index (χ2v) is 7.09. The number of amides is 1. The Morgan fingerprint density at radius 3 is 2.67 bits per heavy atom. The van der Waals surface area contributed by atoms with Crippen LogP contribution in [0.1, 0.15) is 36.7 Å². The average Bonchev–Trinajstić information content (AvgIpc) is 3.04. The number of carbonyl (C=O) groups excluding carboxylic acids is 1. The van der Waals surface area contributed by atoms with Crippen LogP contribution in [0.5, 0.6) is 0 Å². The molecule has 1 fully saturated rings. The van der Waals surface area contributed by atoms with Crippen molar-refractivity contribution in [3.63, 3.8) is 0 Å². The first-order chi connectivity index (χ1) is 11.3. The van der Waals surface area contributed by atoms with E-state index >= 15 is 0 Å². The van der Waals surface area contributed by atoms with Crippen molar-refractivity contribution in [3.8, 4) is 6.07 Å². The lowest BCUT2D eigenvalue weighted by Crippen LogP contribution is -2.35. The number of carbonyl (C=O) groups is 1. The Morgan fingerprint density at radius 2 is 2.08 bits per heavy atom. The summed E-state index contributed by atoms with van der Waals surface area (Å²) in [6.07, 6.45) is 1.71. The minimum Gasteiger partial charge on any atom is -0.341 e. The Morgan fingerprint density at radius 1 is 1.38 bits per heavy atom. The van der Waals surface area contributed by atoms with Crippen molar-refractivity contribution >= 4 is 5.91 Å². The first kappa shape index (κ1) is 18.5. The van der Waals surface area contributed by atoms with Crippen molar-refractivity contribution in [1.29, 1.82) is 5.26 Å². The van der Waals surface area contributed by atoms with Crippen LogP contribution in [0, 0.1) is 31.1 Å². The summed E-state index contributed by atoms with van der Waals surface area (Å²) in [5.41, 5.74) is 3.20. The molecule has 1 saturated heterocycles. The lowest BCUT2D eigenvalue weighted by molar-refractivity contribution is -0.130. The van der Waals surface area contributed by atoms with Crippen LogP contribution in [-0.2, 0) is 17.8 Å². The van der Waals surface area contributed by atoms with E-state index in [0.29, 0.717) is 31.3 Å². The van der Waals surface area contributed by atoms with Gasteiger partial charge < -0.3 is 9.80 Å². The molecule has 132 valence electrons. The second kappa shape index (κ2) is 7.80. The van der Waals surface area contributed by atoms with E-state index in [1.165, 1.54) is 0 Å². The third-order valence-corrected chi connectivity index (χ3v) is 5.14. The molecule has 2 unspecified atom stereocenters. The van der Waals surface area contributed by atoms with Crippen molar-refractivity contribution in [2.75, 3.05) is 27.2 Å². The molecule has 2 heterocycles. The molecule has 0 radical (unpaired) electrons. The predicted molar refractivity (Wildman–Crippen MR) is 93.5 cm³/mol. The number of rotatable bonds is 6. The molecule has 1 aromatic rings. The molecule has 1 aliphatic heterocycles. The maximum absolute atomic E-state index is 12.6. The van der Waals surface area contributed by atoms with Crippen LogP contribution >= 0.6 is 0 Å². The molecule has 1 amide bonds. The van der Waals surface area contributed by atoms with Crippen LogP contribution in [0.4, 0.5) is 0 Å². The van der Waals surface area contributed by atoms with Crippen molar-refractivity contribution in [2.45, 2.75) is 52.6 Å². The SMILES string of the molecule is Cc1nn(CCC#N)c(C)c1CCC(=O)N1CC(C)C(N(C)C)C1. The predicted octanol–water partition coefficient (Wildman–Crippen LogP) is 1.75. The van der Waals surface area contributed by atoms with E-state index < -0.39 is 0 Å². The van der Waals surface area contributed by atoms with Gasteiger partial charge in [-0.05, 0) is 45.8 Å². The zero-order valence-electron chi connectivity index (χ0n) is 15.5. The first-order valence-corrected chi connectivity index (χ1v) is 8.69. The van der Waals surface area contributed by atoms with Gasteiger partial charge in [0.25, 0.3) is 0 Å². The number of nitriles is 1. The number of likely N-dealkylation sites (N-methyl/N-ethyl adjacent to an activating group) is 1. The van der Waals surface area contributed by atoms with Gasteiger partial charge in [0.15, 0.2) is 0 Å². The maximum atomic E-state index is 12.6. The monoisotopic (exact) mass is 331 g/mol. The Labute approximate surface area is 145 Å². The van der Waals surface area contributed by atoms with E-state index in [9.17, 15) is 4.79 Å². The standard InChI is InChI=1S/C18H29N5O/c1-13-11-22(12-17(13)21(4)5)18(24)8-7-16-14(2)20-23(15(16)3)10-6-9-19/h13,17H,6-8,10-12H2,1-5H3. The van der Waals surface area contributed by atoms with Gasteiger partial charge >= 0.3 is 0 Å². The third kappa shape index (κ3) is 3.96. The number of hydrogen-bond acceptors (Lipinski definition) is 4. The zero-order valence-corrected chi connectivity index (χ0v) is 15.5. The van der Waals surface area contributed by atoms with Crippen molar-refractivity contribution < 1.29 is 4.79 Å². The normalized spacial score (nSPS) is 20.6. The minimum atomic E-state index is 0.231. The number of aryl methyl sites for hydroxylation is 2. The molecule has 0 spiro atoms. The highest BCUT2D eigenvalue weighted by Crippen LogP contribution is 2.22. The molecule has 0 N–H and O–H groups in total. The summed E-state index contributed by atoms with van der Waals surface area (Å²) in [5, 5.41) is 13.2. The first-order valence-electron chi connectivity index (χ1n) is 8.69. The van der Waals surface area contributed by atoms with Gasteiger partial charge in [0.2, 0.25) is 5.91 Å². The van der Waals surface area contributed by atoms with E-state index in [1.807, 2.05) is 23.4 Å². The smallest absolute Gasteiger partial charge is 0.222 e. The molecule has 2 atom stereocenters. The Balaban J connectivity index is 1.95. The quantitative estimate of drug-likeness (QED) is 0.797. The van der Waals surface area contributed by atoms with Crippen LogP contribution < -0.4 is 0 Å². The molecule has 24 heavy (non-hydrogen) atoms. The van der Waals surface area contributed by atoms with E-state index in [2.05, 4.69) is 37.1 Å². The lowest BCUT2D eigenvalue weighted by Gasteiger charge is -2.22. The molecule has 2 rings (SSSR count). The van der Waals surface area contributed by atoms with Crippen molar-refractivity contribution in [1.82, 2.24) is 19.6 Å². The number of hydrogen-bond donors (Lipinski definition) is 0. The fourth-order valence-electron chi connectivity index (χ4n) is 3.68. The Hall–Kier alpha value is -1.87. The minimum absolute atomic E-state index is 0.231. The molecule has 0 aliphatic carbocycles. The fraction of sp³-hybridized carbons (Fsp3) is 0.722. The van der Waals surface area contributed by atoms with E-state index in [0.717, 1.165) is 36.5 Å². The van der Waals surface area contributed by atoms with Crippen LogP contribution in [0.25, 0.3) is 0 Å². The van der Waals surface area contributed by atoms with E-state index in [-0.39, 0.29) is 5.91 Å². The van der Waals surface area contributed by atoms with Gasteiger partial charge in [0, 0.05) is 31.2 Å². The molecule has 0 saturated carbocycles. The highest BCUT2D eigenvalue weighted by molar-refractivity contribution is 5.77. The molecule has 6 nitrogen and oxygen atoms in total. The molecular formula is C18H29N5O. The summed E-state index contributed by atoms with van der Waals surface area (Å²) in [6, 6.07) is 2.60. The summed E-state index contributed by atoms with van der Waals surface area (Å²) in [5.74, 6) is 0.746. The Kier molecular flexibility index (Phi) is 6.00. The summed E-state index contributed by atoms with van der Waals surface area (Å²) in [7, 11) is 4.16.